The molecule has 1 atom stereocenters. The highest BCUT2D eigenvalue weighted by Crippen LogP contribution is 2.33. The summed E-state index contributed by atoms with van der Waals surface area (Å²) in [5, 5.41) is 3.50. The van der Waals surface area contributed by atoms with Crippen molar-refractivity contribution in [3.63, 3.8) is 0 Å². The first-order valence-corrected chi connectivity index (χ1v) is 8.15. The van der Waals surface area contributed by atoms with Crippen molar-refractivity contribution in [1.82, 2.24) is 5.32 Å². The second-order valence-corrected chi connectivity index (χ2v) is 6.30. The van der Waals surface area contributed by atoms with Gasteiger partial charge in [0.05, 0.1) is 0 Å². The molecule has 0 aliphatic rings. The largest absolute Gasteiger partial charge is 0.344 e. The smallest absolute Gasteiger partial charge is 0.0467 e. The van der Waals surface area contributed by atoms with Crippen molar-refractivity contribution in [2.45, 2.75) is 26.8 Å². The van der Waals surface area contributed by atoms with E-state index in [1.807, 2.05) is 0 Å². The summed E-state index contributed by atoms with van der Waals surface area (Å²) in [6, 6.07) is 15.4. The van der Waals surface area contributed by atoms with E-state index in [2.05, 4.69) is 96.4 Å². The van der Waals surface area contributed by atoms with Crippen molar-refractivity contribution in [1.29, 1.82) is 0 Å². The average molecular weight is 347 g/mol. The van der Waals surface area contributed by atoms with Crippen LogP contribution in [0.3, 0.4) is 0 Å². The number of hydrogen-bond donors (Lipinski definition) is 1. The second kappa shape index (κ2) is 7.10. The number of benzene rings is 2. The molecule has 0 aromatic heterocycles. The lowest BCUT2D eigenvalue weighted by atomic mass is 10.0. The Morgan fingerprint density at radius 1 is 1.19 bits per heavy atom. The van der Waals surface area contributed by atoms with Crippen LogP contribution in [-0.4, -0.2) is 13.6 Å². The Hall–Kier alpha value is -1.32. The van der Waals surface area contributed by atoms with Crippen LogP contribution in [0.5, 0.6) is 0 Å². The quantitative estimate of drug-likeness (QED) is 0.800. The van der Waals surface area contributed by atoms with Gasteiger partial charge in [-0.15, -0.1) is 0 Å². The van der Waals surface area contributed by atoms with Crippen molar-refractivity contribution >= 4 is 27.3 Å². The number of nitrogens with zero attached hydrogens (tertiary/aromatic N) is 1. The Kier molecular flexibility index (Phi) is 5.43. The van der Waals surface area contributed by atoms with Gasteiger partial charge in [0.15, 0.2) is 0 Å². The molecule has 2 aromatic carbocycles. The van der Waals surface area contributed by atoms with Crippen LogP contribution in [0.2, 0.25) is 0 Å². The zero-order valence-corrected chi connectivity index (χ0v) is 14.7. The molecule has 2 nitrogen and oxygen atoms in total. The number of hydrogen-bond acceptors (Lipinski definition) is 2. The molecule has 0 spiro atoms. The maximum absolute atomic E-state index is 3.59. The minimum Gasteiger partial charge on any atom is -0.344 e. The third-order valence-electron chi connectivity index (χ3n) is 3.72. The first-order chi connectivity index (χ1) is 10.0. The molecule has 0 bridgehead atoms. The maximum Gasteiger partial charge on any atom is 0.0467 e. The molecule has 0 radical (unpaired) electrons. The molecule has 3 heteroatoms. The molecule has 0 amide bonds. The lowest BCUT2D eigenvalue weighted by Gasteiger charge is -2.26. The molecule has 1 N–H and O–H groups in total. The van der Waals surface area contributed by atoms with Gasteiger partial charge in [-0.25, -0.2) is 0 Å². The van der Waals surface area contributed by atoms with E-state index in [0.717, 1.165) is 11.0 Å². The van der Waals surface area contributed by atoms with E-state index in [4.69, 9.17) is 0 Å². The van der Waals surface area contributed by atoms with E-state index in [-0.39, 0.29) is 0 Å². The number of anilines is 2. The zero-order valence-electron chi connectivity index (χ0n) is 13.2. The third-order valence-corrected chi connectivity index (χ3v) is 4.21. The number of halogens is 1. The topological polar surface area (TPSA) is 15.3 Å². The van der Waals surface area contributed by atoms with Gasteiger partial charge in [-0.05, 0) is 55.8 Å². The van der Waals surface area contributed by atoms with Gasteiger partial charge in [0.1, 0.15) is 0 Å². The van der Waals surface area contributed by atoms with Crippen LogP contribution in [0, 0.1) is 6.92 Å². The van der Waals surface area contributed by atoms with E-state index in [0.29, 0.717) is 6.04 Å². The number of rotatable bonds is 5. The summed E-state index contributed by atoms with van der Waals surface area (Å²) in [5.41, 5.74) is 5.01. The lowest BCUT2D eigenvalue weighted by molar-refractivity contribution is 0.598. The Morgan fingerprint density at radius 3 is 2.62 bits per heavy atom. The molecule has 1 unspecified atom stereocenters. The Labute approximate surface area is 136 Å². The first kappa shape index (κ1) is 16.1. The van der Waals surface area contributed by atoms with Gasteiger partial charge in [-0.3, -0.25) is 0 Å². The Bertz CT molecular complexity index is 610. The fourth-order valence-electron chi connectivity index (χ4n) is 2.57. The highest BCUT2D eigenvalue weighted by molar-refractivity contribution is 9.10. The molecule has 21 heavy (non-hydrogen) atoms. The van der Waals surface area contributed by atoms with E-state index in [1.54, 1.807) is 0 Å². The van der Waals surface area contributed by atoms with E-state index in [1.165, 1.54) is 22.5 Å². The summed E-state index contributed by atoms with van der Waals surface area (Å²) in [4.78, 5) is 2.25. The SMILES string of the molecule is CCNC(C)c1ccc(Br)cc1N(C)c1cccc(C)c1. The van der Waals surface area contributed by atoms with Gasteiger partial charge >= 0.3 is 0 Å². The summed E-state index contributed by atoms with van der Waals surface area (Å²) in [6.45, 7) is 7.44. The molecule has 0 saturated heterocycles. The second-order valence-electron chi connectivity index (χ2n) is 5.38. The maximum atomic E-state index is 3.59. The van der Waals surface area contributed by atoms with Crippen molar-refractivity contribution in [3.05, 3.63) is 58.1 Å². The summed E-state index contributed by atoms with van der Waals surface area (Å²) in [6.07, 6.45) is 0. The fraction of sp³-hybridized carbons (Fsp3) is 0.333. The van der Waals surface area contributed by atoms with Gasteiger partial charge in [0.25, 0.3) is 0 Å². The highest BCUT2D eigenvalue weighted by atomic mass is 79.9. The average Bonchev–Trinajstić information content (AvgIpc) is 2.46. The van der Waals surface area contributed by atoms with Crippen LogP contribution in [0.1, 0.15) is 31.0 Å². The van der Waals surface area contributed by atoms with Gasteiger partial charge in [0.2, 0.25) is 0 Å². The van der Waals surface area contributed by atoms with E-state index in [9.17, 15) is 0 Å². The summed E-state index contributed by atoms with van der Waals surface area (Å²) < 4.78 is 1.10. The van der Waals surface area contributed by atoms with Crippen LogP contribution >= 0.6 is 15.9 Å². The van der Waals surface area contributed by atoms with E-state index >= 15 is 0 Å². The van der Waals surface area contributed by atoms with Crippen molar-refractivity contribution < 1.29 is 0 Å². The van der Waals surface area contributed by atoms with Gasteiger partial charge in [-0.2, -0.15) is 0 Å². The van der Waals surface area contributed by atoms with Gasteiger partial charge in [0, 0.05) is 28.9 Å². The normalized spacial score (nSPS) is 12.2. The molecule has 0 aliphatic heterocycles. The predicted molar refractivity (Wildman–Crippen MR) is 95.5 cm³/mol. The first-order valence-electron chi connectivity index (χ1n) is 7.36. The summed E-state index contributed by atoms with van der Waals surface area (Å²) >= 11 is 3.59. The van der Waals surface area contributed by atoms with Crippen LogP contribution in [0.15, 0.2) is 46.9 Å². The fourth-order valence-corrected chi connectivity index (χ4v) is 2.91. The van der Waals surface area contributed by atoms with Gasteiger partial charge < -0.3 is 10.2 Å². The molecule has 2 aromatic rings. The van der Waals surface area contributed by atoms with Gasteiger partial charge in [-0.1, -0.05) is 41.1 Å². The summed E-state index contributed by atoms with van der Waals surface area (Å²) in [7, 11) is 2.12. The zero-order chi connectivity index (χ0) is 15.4. The molecular formula is C18H23BrN2. The minimum absolute atomic E-state index is 0.324. The Balaban J connectivity index is 2.43. The molecule has 0 saturated carbocycles. The van der Waals surface area contributed by atoms with Crippen LogP contribution in [-0.2, 0) is 0 Å². The van der Waals surface area contributed by atoms with E-state index < -0.39 is 0 Å². The monoisotopic (exact) mass is 346 g/mol. The standard InChI is InChI=1S/C18H23BrN2/c1-5-20-14(3)17-10-9-15(19)12-18(17)21(4)16-8-6-7-13(2)11-16/h6-12,14,20H,5H2,1-4H3. The molecule has 0 heterocycles. The van der Waals surface area contributed by atoms with Crippen molar-refractivity contribution in [3.8, 4) is 0 Å². The van der Waals surface area contributed by atoms with Crippen LogP contribution in [0.4, 0.5) is 11.4 Å². The van der Waals surface area contributed by atoms with Crippen molar-refractivity contribution in [2.24, 2.45) is 0 Å². The minimum atomic E-state index is 0.324. The molecule has 112 valence electrons. The number of nitrogens with one attached hydrogen (secondary N) is 1. The van der Waals surface area contributed by atoms with Crippen LogP contribution < -0.4 is 10.2 Å². The van der Waals surface area contributed by atoms with Crippen molar-refractivity contribution in [2.75, 3.05) is 18.5 Å². The molecular weight excluding hydrogens is 324 g/mol. The third kappa shape index (κ3) is 3.86. The molecule has 0 fully saturated rings. The highest BCUT2D eigenvalue weighted by Gasteiger charge is 2.14. The lowest BCUT2D eigenvalue weighted by Crippen LogP contribution is -2.21. The molecule has 2 rings (SSSR count). The summed E-state index contributed by atoms with van der Waals surface area (Å²) in [5.74, 6) is 0. The number of aryl methyl sites for hydroxylation is 1. The van der Waals surface area contributed by atoms with Crippen LogP contribution in [0.25, 0.3) is 0 Å². The molecule has 0 aliphatic carbocycles. The predicted octanol–water partition coefficient (Wildman–Crippen LogP) is 5.20. The Morgan fingerprint density at radius 2 is 1.95 bits per heavy atom.